The minimum absolute atomic E-state index is 0.0245. The van der Waals surface area contributed by atoms with Crippen LogP contribution in [0.2, 0.25) is 10.3 Å². The van der Waals surface area contributed by atoms with Crippen molar-refractivity contribution in [3.8, 4) is 5.69 Å². The molecule has 0 atom stereocenters. The van der Waals surface area contributed by atoms with Gasteiger partial charge in [-0.1, -0.05) is 23.2 Å². The highest BCUT2D eigenvalue weighted by Crippen LogP contribution is 2.37. The molecule has 0 saturated heterocycles. The fourth-order valence-corrected chi connectivity index (χ4v) is 3.93. The summed E-state index contributed by atoms with van der Waals surface area (Å²) in [5.74, 6) is 0. The molecule has 0 unspecified atom stereocenters. The lowest BCUT2D eigenvalue weighted by Gasteiger charge is -2.15. The molecule has 0 aliphatic carbocycles. The fraction of sp³-hybridized carbons (Fsp3) is 0.118. The summed E-state index contributed by atoms with van der Waals surface area (Å²) in [7, 11) is -4.78. The highest BCUT2D eigenvalue weighted by Gasteiger charge is 2.38. The van der Waals surface area contributed by atoms with Crippen LogP contribution in [0.1, 0.15) is 11.1 Å². The van der Waals surface area contributed by atoms with E-state index in [1.54, 1.807) is 0 Å². The van der Waals surface area contributed by atoms with Crippen molar-refractivity contribution in [2.45, 2.75) is 17.2 Å². The van der Waals surface area contributed by atoms with E-state index in [0.717, 1.165) is 0 Å². The normalized spacial score (nSPS) is 12.8. The number of benzene rings is 2. The van der Waals surface area contributed by atoms with E-state index >= 15 is 0 Å². The third-order valence-electron chi connectivity index (χ3n) is 3.94. The Bertz CT molecular complexity index is 1190. The topological polar surface area (TPSA) is 64.0 Å². The average Bonchev–Trinajstić information content (AvgIpc) is 2.99. The maximum atomic E-state index is 13.0. The molecule has 1 heterocycles. The molecule has 0 bridgehead atoms. The van der Waals surface area contributed by atoms with Crippen molar-refractivity contribution in [3.63, 3.8) is 0 Å². The Morgan fingerprint density at radius 1 is 0.871 bits per heavy atom. The van der Waals surface area contributed by atoms with E-state index in [1.165, 1.54) is 35.2 Å². The van der Waals surface area contributed by atoms with E-state index in [4.69, 9.17) is 23.2 Å². The zero-order valence-corrected chi connectivity index (χ0v) is 17.1. The van der Waals surface area contributed by atoms with E-state index in [1.807, 2.05) is 4.72 Å². The van der Waals surface area contributed by atoms with Crippen molar-refractivity contribution in [1.82, 2.24) is 9.55 Å². The van der Waals surface area contributed by atoms with Gasteiger partial charge in [-0.25, -0.2) is 13.4 Å². The zero-order valence-electron chi connectivity index (χ0n) is 14.8. The van der Waals surface area contributed by atoms with Crippen LogP contribution in [0.3, 0.4) is 0 Å². The minimum atomic E-state index is -5.18. The first kappa shape index (κ1) is 23.2. The summed E-state index contributed by atoms with van der Waals surface area (Å²) in [6.45, 7) is 0. The van der Waals surface area contributed by atoms with Gasteiger partial charge in [0, 0.05) is 11.4 Å². The quantitative estimate of drug-likeness (QED) is 0.443. The third kappa shape index (κ3) is 5.08. The second kappa shape index (κ2) is 7.92. The van der Waals surface area contributed by atoms with Crippen molar-refractivity contribution in [3.05, 3.63) is 70.2 Å². The predicted octanol–water partition coefficient (Wildman–Crippen LogP) is 6.02. The van der Waals surface area contributed by atoms with Crippen molar-refractivity contribution in [1.29, 1.82) is 0 Å². The van der Waals surface area contributed by atoms with Gasteiger partial charge in [0.2, 0.25) is 0 Å². The predicted molar refractivity (Wildman–Crippen MR) is 101 cm³/mol. The molecule has 5 nitrogen and oxygen atoms in total. The number of nitrogens with zero attached hydrogens (tertiary/aromatic N) is 2. The molecular formula is C17H9Cl2F6N3O2S. The molecule has 0 saturated carbocycles. The standard InChI is InChI=1S/C17H9Cl2F6N3O2S/c18-14-15(19)28(8-26-14)12-3-1-11(2-4-12)27-31(29,30)13-6-9(16(20,21)22)5-10(7-13)17(23,24)25/h1-8,27H. The third-order valence-corrected chi connectivity index (χ3v) is 6.03. The second-order valence-electron chi connectivity index (χ2n) is 6.09. The van der Waals surface area contributed by atoms with Crippen molar-refractivity contribution < 1.29 is 34.8 Å². The number of imidazole rings is 1. The van der Waals surface area contributed by atoms with Crippen LogP contribution < -0.4 is 4.72 Å². The van der Waals surface area contributed by atoms with Crippen LogP contribution in [0.4, 0.5) is 32.0 Å². The van der Waals surface area contributed by atoms with Gasteiger partial charge < -0.3 is 0 Å². The van der Waals surface area contributed by atoms with Crippen molar-refractivity contribution >= 4 is 38.9 Å². The number of sulfonamides is 1. The Hall–Kier alpha value is -2.44. The molecule has 0 aliphatic rings. The molecule has 1 N–H and O–H groups in total. The molecule has 0 spiro atoms. The summed E-state index contributed by atoms with van der Waals surface area (Å²) in [5.41, 5.74) is -3.18. The Kier molecular flexibility index (Phi) is 5.93. The lowest BCUT2D eigenvalue weighted by molar-refractivity contribution is -0.143. The Labute approximate surface area is 181 Å². The highest BCUT2D eigenvalue weighted by atomic mass is 35.5. The summed E-state index contributed by atoms with van der Waals surface area (Å²) in [5, 5.41) is 0.107. The number of rotatable bonds is 4. The van der Waals surface area contributed by atoms with E-state index in [-0.39, 0.29) is 34.2 Å². The van der Waals surface area contributed by atoms with Crippen molar-refractivity contribution in [2.75, 3.05) is 4.72 Å². The molecule has 14 heteroatoms. The summed E-state index contributed by atoms with van der Waals surface area (Å²) in [4.78, 5) is 2.58. The SMILES string of the molecule is O=S(=O)(Nc1ccc(-n2cnc(Cl)c2Cl)cc1)c1cc(C(F)(F)F)cc(C(F)(F)F)c1. The Morgan fingerprint density at radius 3 is 1.81 bits per heavy atom. The van der Waals surface area contributed by atoms with Crippen LogP contribution in [0.25, 0.3) is 5.69 Å². The molecule has 2 aromatic carbocycles. The van der Waals surface area contributed by atoms with Gasteiger partial charge in [0.1, 0.15) is 6.33 Å². The van der Waals surface area contributed by atoms with Crippen LogP contribution in [-0.4, -0.2) is 18.0 Å². The molecular weight excluding hydrogens is 495 g/mol. The maximum Gasteiger partial charge on any atom is 0.416 e. The van der Waals surface area contributed by atoms with Gasteiger partial charge in [-0.05, 0) is 42.5 Å². The van der Waals surface area contributed by atoms with E-state index < -0.39 is 38.4 Å². The largest absolute Gasteiger partial charge is 0.416 e. The number of hydrogen-bond donors (Lipinski definition) is 1. The van der Waals surface area contributed by atoms with Crippen LogP contribution in [0.5, 0.6) is 0 Å². The first-order valence-corrected chi connectivity index (χ1v) is 10.2. The molecule has 31 heavy (non-hydrogen) atoms. The molecule has 166 valence electrons. The minimum Gasteiger partial charge on any atom is -0.288 e. The fourth-order valence-electron chi connectivity index (χ4n) is 2.48. The maximum absolute atomic E-state index is 13.0. The van der Waals surface area contributed by atoms with E-state index in [2.05, 4.69) is 4.98 Å². The molecule has 3 rings (SSSR count). The summed E-state index contributed by atoms with van der Waals surface area (Å²) >= 11 is 11.7. The molecule has 0 aliphatic heterocycles. The number of aromatic nitrogens is 2. The number of halogens is 8. The van der Waals surface area contributed by atoms with Gasteiger partial charge in [0.05, 0.1) is 16.0 Å². The van der Waals surface area contributed by atoms with Crippen molar-refractivity contribution in [2.24, 2.45) is 0 Å². The lowest BCUT2D eigenvalue weighted by atomic mass is 10.1. The Morgan fingerprint density at radius 2 is 1.39 bits per heavy atom. The molecule has 0 fully saturated rings. The van der Waals surface area contributed by atoms with E-state index in [9.17, 15) is 34.8 Å². The van der Waals surface area contributed by atoms with Gasteiger partial charge in [-0.3, -0.25) is 9.29 Å². The summed E-state index contributed by atoms with van der Waals surface area (Å²) in [6, 6.07) is 5.32. The van der Waals surface area contributed by atoms with E-state index in [0.29, 0.717) is 5.69 Å². The molecule has 0 radical (unpaired) electrons. The van der Waals surface area contributed by atoms with Crippen LogP contribution in [0.15, 0.2) is 53.7 Å². The van der Waals surface area contributed by atoms with Gasteiger partial charge in [-0.2, -0.15) is 26.3 Å². The number of nitrogens with one attached hydrogen (secondary N) is 1. The summed E-state index contributed by atoms with van der Waals surface area (Å²) in [6.07, 6.45) is -9.07. The first-order chi connectivity index (χ1) is 14.2. The zero-order chi connectivity index (χ0) is 23.2. The first-order valence-electron chi connectivity index (χ1n) is 7.99. The number of anilines is 1. The highest BCUT2D eigenvalue weighted by molar-refractivity contribution is 7.92. The van der Waals surface area contributed by atoms with Crippen LogP contribution in [0, 0.1) is 0 Å². The van der Waals surface area contributed by atoms with Gasteiger partial charge in [0.25, 0.3) is 10.0 Å². The summed E-state index contributed by atoms with van der Waals surface area (Å²) < 4.78 is 106. The smallest absolute Gasteiger partial charge is 0.288 e. The van der Waals surface area contributed by atoms with Gasteiger partial charge in [-0.15, -0.1) is 0 Å². The average molecular weight is 504 g/mol. The lowest BCUT2D eigenvalue weighted by Crippen LogP contribution is -2.17. The van der Waals surface area contributed by atoms with Crippen LogP contribution >= 0.6 is 23.2 Å². The molecule has 3 aromatic rings. The molecule has 0 amide bonds. The van der Waals surface area contributed by atoms with Gasteiger partial charge >= 0.3 is 12.4 Å². The number of alkyl halides is 6. The molecule has 1 aromatic heterocycles. The second-order valence-corrected chi connectivity index (χ2v) is 8.49. The number of hydrogen-bond acceptors (Lipinski definition) is 3. The van der Waals surface area contributed by atoms with Gasteiger partial charge in [0.15, 0.2) is 10.3 Å². The monoisotopic (exact) mass is 503 g/mol. The van der Waals surface area contributed by atoms with Crippen LogP contribution in [-0.2, 0) is 22.4 Å². The Balaban J connectivity index is 1.96.